The van der Waals surface area contributed by atoms with Gasteiger partial charge in [-0.1, -0.05) is 23.2 Å². The summed E-state index contributed by atoms with van der Waals surface area (Å²) in [6.45, 7) is 9.38. The number of cyclic esters (lactones) is 1. The number of hydrogen-bond acceptors (Lipinski definition) is 8. The van der Waals surface area contributed by atoms with Crippen molar-refractivity contribution in [3.05, 3.63) is 72.7 Å². The van der Waals surface area contributed by atoms with Crippen LogP contribution in [0.2, 0.25) is 10.2 Å². The summed E-state index contributed by atoms with van der Waals surface area (Å²) in [5.41, 5.74) is 2.88. The third-order valence-electron chi connectivity index (χ3n) is 7.85. The number of aromatic nitrogens is 2. The number of alkyl carbamates (subject to hydrolysis) is 1. The number of amides is 1. The molecule has 2 aliphatic rings. The van der Waals surface area contributed by atoms with E-state index in [0.717, 1.165) is 42.4 Å². The summed E-state index contributed by atoms with van der Waals surface area (Å²) in [7, 11) is 0. The Balaban J connectivity index is 1.45. The largest absolute Gasteiger partial charge is 0.460 e. The van der Waals surface area contributed by atoms with E-state index in [4.69, 9.17) is 32.7 Å². The number of carbonyl (C=O) groups is 2. The molecule has 2 aromatic heterocycles. The molecule has 0 radical (unpaired) electrons. The highest BCUT2D eigenvalue weighted by Gasteiger charge is 2.28. The molecule has 0 spiro atoms. The molecule has 1 aromatic carbocycles. The van der Waals surface area contributed by atoms with E-state index >= 15 is 0 Å². The Labute approximate surface area is 259 Å². The number of hydrogen-bond donors (Lipinski definition) is 2. The molecule has 1 fully saturated rings. The maximum absolute atomic E-state index is 13.5. The second kappa shape index (κ2) is 12.4. The summed E-state index contributed by atoms with van der Waals surface area (Å²) in [6, 6.07) is 5.45. The van der Waals surface area contributed by atoms with Gasteiger partial charge < -0.3 is 24.5 Å². The second-order valence-corrected chi connectivity index (χ2v) is 13.0. The number of esters is 1. The zero-order chi connectivity index (χ0) is 31.1. The molecule has 2 aliphatic heterocycles. The van der Waals surface area contributed by atoms with Crippen LogP contribution < -0.4 is 10.9 Å². The fourth-order valence-corrected chi connectivity index (χ4v) is 6.03. The number of pyridine rings is 2. The number of fused-ring (bicyclic) bond motifs is 2. The van der Waals surface area contributed by atoms with Crippen LogP contribution in [0, 0.1) is 6.92 Å². The van der Waals surface area contributed by atoms with Crippen LogP contribution in [-0.2, 0) is 34.0 Å². The van der Waals surface area contributed by atoms with Crippen LogP contribution in [0.4, 0.5) is 4.79 Å². The van der Waals surface area contributed by atoms with E-state index in [2.05, 4.69) is 15.2 Å². The lowest BCUT2D eigenvalue weighted by atomic mass is 9.98. The first-order valence-electron chi connectivity index (χ1n) is 14.3. The SMILES string of the molecule is Cc1cc2c(CN3CCC(NC(=O)OC(C)(C)C)CC3)c(Cn3ccc4c(c3=O)COC(=O)CC4O)c(Cl)nc2cc1Cl. The number of carbonyl (C=O) groups excluding carboxylic acids is 2. The zero-order valence-corrected chi connectivity index (χ0v) is 26.2. The monoisotopic (exact) mass is 630 g/mol. The van der Waals surface area contributed by atoms with Gasteiger partial charge in [0.1, 0.15) is 17.4 Å². The molecule has 2 N–H and O–H groups in total. The van der Waals surface area contributed by atoms with Crippen LogP contribution >= 0.6 is 23.2 Å². The Morgan fingerprint density at radius 1 is 1.16 bits per heavy atom. The Kier molecular flexibility index (Phi) is 9.04. The highest BCUT2D eigenvalue weighted by atomic mass is 35.5. The van der Waals surface area contributed by atoms with Gasteiger partial charge in [0, 0.05) is 47.8 Å². The van der Waals surface area contributed by atoms with Crippen LogP contribution in [0.3, 0.4) is 0 Å². The quantitative estimate of drug-likeness (QED) is 0.297. The van der Waals surface area contributed by atoms with Gasteiger partial charge in [-0.15, -0.1) is 0 Å². The van der Waals surface area contributed by atoms with Gasteiger partial charge in [0.2, 0.25) is 0 Å². The lowest BCUT2D eigenvalue weighted by Gasteiger charge is -2.33. The van der Waals surface area contributed by atoms with Crippen molar-refractivity contribution in [3.8, 4) is 0 Å². The smallest absolute Gasteiger partial charge is 0.407 e. The van der Waals surface area contributed by atoms with E-state index < -0.39 is 23.8 Å². The third-order valence-corrected chi connectivity index (χ3v) is 8.57. The fourth-order valence-electron chi connectivity index (χ4n) is 5.61. The third kappa shape index (κ3) is 7.15. The minimum Gasteiger partial charge on any atom is -0.460 e. The predicted octanol–water partition coefficient (Wildman–Crippen LogP) is 5.03. The number of piperidine rings is 1. The topological polar surface area (TPSA) is 123 Å². The molecule has 3 aromatic rings. The minimum atomic E-state index is -1.10. The molecule has 10 nitrogen and oxygen atoms in total. The first-order valence-corrected chi connectivity index (χ1v) is 15.1. The van der Waals surface area contributed by atoms with Crippen molar-refractivity contribution in [2.24, 2.45) is 0 Å². The normalized spacial score (nSPS) is 18.2. The molecular weight excluding hydrogens is 595 g/mol. The van der Waals surface area contributed by atoms with Crippen molar-refractivity contribution in [2.75, 3.05) is 13.1 Å². The number of aliphatic hydroxyl groups excluding tert-OH is 1. The van der Waals surface area contributed by atoms with Gasteiger partial charge in [-0.05, 0) is 75.4 Å². The summed E-state index contributed by atoms with van der Waals surface area (Å²) in [4.78, 5) is 44.6. The summed E-state index contributed by atoms with van der Waals surface area (Å²) >= 11 is 13.2. The van der Waals surface area contributed by atoms with Gasteiger partial charge in [0.05, 0.1) is 30.1 Å². The van der Waals surface area contributed by atoms with Crippen LogP contribution in [0.5, 0.6) is 0 Å². The maximum Gasteiger partial charge on any atom is 0.407 e. The zero-order valence-electron chi connectivity index (χ0n) is 24.7. The Morgan fingerprint density at radius 3 is 2.58 bits per heavy atom. The molecular formula is C31H36Cl2N4O6. The number of halogens is 2. The molecule has 1 unspecified atom stereocenters. The van der Waals surface area contributed by atoms with Gasteiger partial charge in [-0.2, -0.15) is 0 Å². The van der Waals surface area contributed by atoms with Crippen molar-refractivity contribution < 1.29 is 24.2 Å². The summed E-state index contributed by atoms with van der Waals surface area (Å²) in [5, 5.41) is 15.2. The summed E-state index contributed by atoms with van der Waals surface area (Å²) < 4.78 is 12.1. The van der Waals surface area contributed by atoms with E-state index in [0.29, 0.717) is 28.2 Å². The number of aryl methyl sites for hydroxylation is 1. The molecule has 1 amide bonds. The average Bonchev–Trinajstić information content (AvgIpc) is 3.06. The molecule has 12 heteroatoms. The van der Waals surface area contributed by atoms with Crippen molar-refractivity contribution in [1.29, 1.82) is 0 Å². The van der Waals surface area contributed by atoms with Crippen LogP contribution in [-0.4, -0.2) is 56.4 Å². The number of rotatable bonds is 5. The molecule has 0 aliphatic carbocycles. The highest BCUT2D eigenvalue weighted by molar-refractivity contribution is 6.32. The van der Waals surface area contributed by atoms with E-state index in [-0.39, 0.29) is 41.9 Å². The Morgan fingerprint density at radius 2 is 1.88 bits per heavy atom. The number of ether oxygens (including phenoxy) is 2. The minimum absolute atomic E-state index is 0.00648. The van der Waals surface area contributed by atoms with E-state index in [9.17, 15) is 19.5 Å². The second-order valence-electron chi connectivity index (χ2n) is 12.2. The average molecular weight is 632 g/mol. The highest BCUT2D eigenvalue weighted by Crippen LogP contribution is 2.33. The first kappa shape index (κ1) is 31.3. The van der Waals surface area contributed by atoms with E-state index in [1.54, 1.807) is 18.3 Å². The maximum atomic E-state index is 13.5. The van der Waals surface area contributed by atoms with Crippen molar-refractivity contribution in [2.45, 2.75) is 84.4 Å². The number of nitrogens with one attached hydrogen (secondary N) is 1. The first-order chi connectivity index (χ1) is 20.3. The van der Waals surface area contributed by atoms with Crippen molar-refractivity contribution in [1.82, 2.24) is 19.8 Å². The molecule has 5 rings (SSSR count). The van der Waals surface area contributed by atoms with Gasteiger partial charge in [-0.25, -0.2) is 9.78 Å². The molecule has 1 saturated heterocycles. The van der Waals surface area contributed by atoms with Crippen LogP contribution in [0.1, 0.15) is 74.0 Å². The standard InChI is InChI=1S/C31H36Cl2N4O6/c1-17-11-20-21(14-36-8-5-18(6-9-36)34-30(41)43-31(2,3)4)22(28(33)35-25(20)12-24(17)32)15-37-10-7-19-23(29(37)40)16-42-27(39)13-26(19)38/h7,10-12,18,26,38H,5-6,8-9,13-16H2,1-4H3,(H,34,41). The lowest BCUT2D eigenvalue weighted by Crippen LogP contribution is -2.46. The number of nitrogens with zero attached hydrogens (tertiary/aromatic N) is 3. The molecule has 0 saturated carbocycles. The molecule has 0 bridgehead atoms. The van der Waals surface area contributed by atoms with Crippen LogP contribution in [0.25, 0.3) is 10.9 Å². The number of benzene rings is 1. The predicted molar refractivity (Wildman–Crippen MR) is 163 cm³/mol. The Bertz CT molecular complexity index is 1630. The Hall–Kier alpha value is -3.18. The molecule has 4 heterocycles. The van der Waals surface area contributed by atoms with Crippen LogP contribution in [0.15, 0.2) is 29.2 Å². The fraction of sp³-hybridized carbons (Fsp3) is 0.484. The summed E-state index contributed by atoms with van der Waals surface area (Å²) in [6.07, 6.45) is 1.39. The van der Waals surface area contributed by atoms with Gasteiger partial charge >= 0.3 is 12.1 Å². The van der Waals surface area contributed by atoms with E-state index in [1.165, 1.54) is 4.57 Å². The van der Waals surface area contributed by atoms with Crippen molar-refractivity contribution in [3.63, 3.8) is 0 Å². The number of likely N-dealkylation sites (tertiary alicyclic amines) is 1. The molecule has 1 atom stereocenters. The van der Waals surface area contributed by atoms with E-state index in [1.807, 2.05) is 33.8 Å². The van der Waals surface area contributed by atoms with Gasteiger partial charge in [-0.3, -0.25) is 14.5 Å². The summed E-state index contributed by atoms with van der Waals surface area (Å²) in [5.74, 6) is -0.558. The van der Waals surface area contributed by atoms with Crippen molar-refractivity contribution >= 4 is 46.2 Å². The van der Waals surface area contributed by atoms with Gasteiger partial charge in [0.15, 0.2) is 0 Å². The molecule has 43 heavy (non-hydrogen) atoms. The van der Waals surface area contributed by atoms with Gasteiger partial charge in [0.25, 0.3) is 5.56 Å². The number of aliphatic hydroxyl groups is 1. The lowest BCUT2D eigenvalue weighted by molar-refractivity contribution is -0.146. The molecule has 230 valence electrons.